The van der Waals surface area contributed by atoms with E-state index in [1.807, 2.05) is 12.1 Å². The fourth-order valence-electron chi connectivity index (χ4n) is 0.775. The van der Waals surface area contributed by atoms with Crippen molar-refractivity contribution in [3.63, 3.8) is 0 Å². The van der Waals surface area contributed by atoms with Gasteiger partial charge in [-0.25, -0.2) is 9.97 Å². The third-order valence-electron chi connectivity index (χ3n) is 1.50. The molecular formula is C10H10HgI4N4. The number of pyridine rings is 2. The van der Waals surface area contributed by atoms with Crippen LogP contribution in [0.5, 0.6) is 0 Å². The van der Waals surface area contributed by atoms with Crippen LogP contribution >= 0.6 is 80.5 Å². The fourth-order valence-corrected chi connectivity index (χ4v) is 1.41. The summed E-state index contributed by atoms with van der Waals surface area (Å²) in [4.78, 5) is 7.70. The van der Waals surface area contributed by atoms with Gasteiger partial charge in [-0.05, 0) is 69.4 Å². The molecule has 0 radical (unpaired) electrons. The van der Waals surface area contributed by atoms with E-state index >= 15 is 0 Å². The van der Waals surface area contributed by atoms with Crippen molar-refractivity contribution in [3.05, 3.63) is 43.8 Å². The Morgan fingerprint density at radius 1 is 0.789 bits per heavy atom. The zero-order valence-corrected chi connectivity index (χ0v) is 23.9. The normalized spacial score (nSPS) is 8.21. The standard InChI is InChI=1S/2C5H5IN2.Hg.2HI/c2*6-4-1-2-5(7)8-3-4;;;/h2*1-3H,(H2,7,8);;2*1H/q;;+2;;/p-2. The number of hydrogen-bond donors (Lipinski definition) is 2. The summed E-state index contributed by atoms with van der Waals surface area (Å²) in [6.07, 6.45) is 3.46. The topological polar surface area (TPSA) is 77.8 Å². The minimum atomic E-state index is -0.143. The molecule has 2 aromatic rings. The summed E-state index contributed by atoms with van der Waals surface area (Å²) >= 11 is 9.21. The second-order valence-corrected chi connectivity index (χ2v) is 45.2. The SMILES string of the molecule is Nc1ccc(I)cn1.Nc1ccc(I)cn1.[I][Hg][I]. The Bertz CT molecular complexity index is 367. The number of aromatic nitrogens is 2. The Kier molecular flexibility index (Phi) is 14.7. The molecule has 2 aromatic heterocycles. The molecule has 0 spiro atoms. The molecule has 9 heteroatoms. The molecule has 0 atom stereocenters. The molecule has 2 rings (SSSR count). The average molecular weight is 894 g/mol. The van der Waals surface area contributed by atoms with E-state index < -0.39 is 0 Å². The van der Waals surface area contributed by atoms with Gasteiger partial charge in [0.15, 0.2) is 0 Å². The molecule has 0 saturated heterocycles. The van der Waals surface area contributed by atoms with Gasteiger partial charge >= 0.3 is 51.2 Å². The summed E-state index contributed by atoms with van der Waals surface area (Å²) in [6.45, 7) is 0. The molecule has 0 aliphatic rings. The Labute approximate surface area is 170 Å². The van der Waals surface area contributed by atoms with Crippen LogP contribution in [0.4, 0.5) is 11.6 Å². The summed E-state index contributed by atoms with van der Waals surface area (Å²) in [6, 6.07) is 7.40. The Morgan fingerprint density at radius 2 is 1.11 bits per heavy atom. The van der Waals surface area contributed by atoms with E-state index in [2.05, 4.69) is 90.5 Å². The van der Waals surface area contributed by atoms with Gasteiger partial charge in [-0.2, -0.15) is 0 Å². The van der Waals surface area contributed by atoms with Crippen molar-refractivity contribution in [3.8, 4) is 0 Å². The number of nitrogens with two attached hydrogens (primary N) is 2. The first-order chi connectivity index (χ1) is 8.99. The predicted octanol–water partition coefficient (Wildman–Crippen LogP) is 4.31. The summed E-state index contributed by atoms with van der Waals surface area (Å²) in [5.74, 6) is 1.15. The molecule has 2 heterocycles. The van der Waals surface area contributed by atoms with Crippen molar-refractivity contribution in [1.29, 1.82) is 0 Å². The van der Waals surface area contributed by atoms with Crippen LogP contribution in [0.15, 0.2) is 36.7 Å². The molecule has 4 N–H and O–H groups in total. The van der Waals surface area contributed by atoms with Gasteiger partial charge in [-0.1, -0.05) is 0 Å². The molecule has 100 valence electrons. The second-order valence-electron chi connectivity index (χ2n) is 2.90. The van der Waals surface area contributed by atoms with Gasteiger partial charge in [0, 0.05) is 19.5 Å². The molecule has 4 nitrogen and oxygen atoms in total. The van der Waals surface area contributed by atoms with Crippen molar-refractivity contribution in [2.24, 2.45) is 0 Å². The molecule has 0 amide bonds. The molecule has 0 unspecified atom stereocenters. The molecule has 0 fully saturated rings. The Balaban J connectivity index is 0.000000284. The van der Waals surface area contributed by atoms with E-state index in [-0.39, 0.29) is 15.9 Å². The van der Waals surface area contributed by atoms with E-state index in [9.17, 15) is 0 Å². The molecule has 0 bridgehead atoms. The molecule has 0 saturated carbocycles. The van der Waals surface area contributed by atoms with Crippen LogP contribution < -0.4 is 11.5 Å². The zero-order chi connectivity index (χ0) is 14.7. The minimum absolute atomic E-state index is 0.143. The Morgan fingerprint density at radius 3 is 1.26 bits per heavy atom. The number of anilines is 2. The van der Waals surface area contributed by atoms with E-state index in [0.717, 1.165) is 7.14 Å². The summed E-state index contributed by atoms with van der Waals surface area (Å²) in [5, 5.41) is 0. The van der Waals surface area contributed by atoms with Crippen LogP contribution in [0.25, 0.3) is 0 Å². The second kappa shape index (κ2) is 13.4. The van der Waals surface area contributed by atoms with Crippen molar-refractivity contribution >= 4 is 92.1 Å². The first-order valence-corrected chi connectivity index (χ1v) is 37.9. The van der Waals surface area contributed by atoms with E-state index in [0.29, 0.717) is 11.6 Å². The van der Waals surface area contributed by atoms with Gasteiger partial charge in [0.2, 0.25) is 0 Å². The number of nitrogen functional groups attached to an aromatic ring is 2. The first kappa shape index (κ1) is 20.8. The zero-order valence-electron chi connectivity index (χ0n) is 9.73. The van der Waals surface area contributed by atoms with Gasteiger partial charge in [-0.15, -0.1) is 0 Å². The number of nitrogens with zero attached hydrogens (tertiary/aromatic N) is 2. The quantitative estimate of drug-likeness (QED) is 0.306. The molecule has 0 aromatic carbocycles. The van der Waals surface area contributed by atoms with Crippen LogP contribution in [0.3, 0.4) is 0 Å². The van der Waals surface area contributed by atoms with Gasteiger partial charge < -0.3 is 11.5 Å². The third-order valence-corrected chi connectivity index (χ3v) is 2.78. The van der Waals surface area contributed by atoms with Gasteiger partial charge in [0.1, 0.15) is 11.6 Å². The third kappa shape index (κ3) is 13.2. The van der Waals surface area contributed by atoms with Crippen molar-refractivity contribution in [2.45, 2.75) is 0 Å². The van der Waals surface area contributed by atoms with Gasteiger partial charge in [-0.3, -0.25) is 0 Å². The number of rotatable bonds is 0. The molecule has 19 heavy (non-hydrogen) atoms. The van der Waals surface area contributed by atoms with Crippen LogP contribution in [0.2, 0.25) is 0 Å². The first-order valence-electron chi connectivity index (χ1n) is 4.85. The Hall–Kier alpha value is 1.76. The summed E-state index contributed by atoms with van der Waals surface area (Å²) < 4.78 is 2.22. The molecule has 0 aliphatic carbocycles. The van der Waals surface area contributed by atoms with Gasteiger partial charge in [0.05, 0.1) is 0 Å². The van der Waals surface area contributed by atoms with Crippen molar-refractivity contribution in [1.82, 2.24) is 9.97 Å². The van der Waals surface area contributed by atoms with Gasteiger partial charge in [0.25, 0.3) is 0 Å². The van der Waals surface area contributed by atoms with Crippen LogP contribution in [-0.4, -0.2) is 9.97 Å². The molecular weight excluding hydrogens is 884 g/mol. The van der Waals surface area contributed by atoms with Crippen LogP contribution in [0.1, 0.15) is 0 Å². The maximum atomic E-state index is 5.31. The van der Waals surface area contributed by atoms with Crippen molar-refractivity contribution < 1.29 is 15.9 Å². The summed E-state index contributed by atoms with van der Waals surface area (Å²) in [5.41, 5.74) is 10.6. The monoisotopic (exact) mass is 896 g/mol. The summed E-state index contributed by atoms with van der Waals surface area (Å²) in [7, 11) is 0. The van der Waals surface area contributed by atoms with Crippen LogP contribution in [0, 0.1) is 7.14 Å². The average Bonchev–Trinajstić information content (AvgIpc) is 2.38. The van der Waals surface area contributed by atoms with Crippen molar-refractivity contribution in [2.75, 3.05) is 11.5 Å². The van der Waals surface area contributed by atoms with Crippen LogP contribution in [-0.2, 0) is 15.9 Å². The molecule has 0 aliphatic heterocycles. The fraction of sp³-hybridized carbons (Fsp3) is 0. The van der Waals surface area contributed by atoms with E-state index in [4.69, 9.17) is 11.5 Å². The maximum absolute atomic E-state index is 5.31. The number of halogens is 4. The van der Waals surface area contributed by atoms with E-state index in [1.165, 1.54) is 0 Å². The van der Waals surface area contributed by atoms with E-state index in [1.54, 1.807) is 24.5 Å². The number of hydrogen-bond acceptors (Lipinski definition) is 4. The predicted molar refractivity (Wildman–Crippen MR) is 111 cm³/mol.